The van der Waals surface area contributed by atoms with Crippen LogP contribution in [0, 0.1) is 17.5 Å². The van der Waals surface area contributed by atoms with Crippen LogP contribution in [0.5, 0.6) is 0 Å². The van der Waals surface area contributed by atoms with Crippen molar-refractivity contribution in [2.75, 3.05) is 7.11 Å². The zero-order chi connectivity index (χ0) is 13.6. The maximum atomic E-state index is 13.6. The number of aromatic amines is 1. The lowest BCUT2D eigenvalue weighted by Crippen LogP contribution is -2.43. The van der Waals surface area contributed by atoms with Crippen LogP contribution in [0.4, 0.5) is 4.39 Å². The molecule has 0 amide bonds. The number of aromatic nitrogens is 2. The second kappa shape index (κ2) is 4.42. The van der Waals surface area contributed by atoms with Gasteiger partial charge in [0.25, 0.3) is 0 Å². The van der Waals surface area contributed by atoms with Crippen LogP contribution in [0.3, 0.4) is 0 Å². The van der Waals surface area contributed by atoms with Crippen molar-refractivity contribution in [1.82, 2.24) is 9.55 Å². The van der Waals surface area contributed by atoms with Gasteiger partial charge in [-0.3, -0.25) is 0 Å². The van der Waals surface area contributed by atoms with E-state index in [0.717, 1.165) is 30.4 Å². The number of fused-ring (bicyclic) bond motifs is 1. The van der Waals surface area contributed by atoms with Crippen LogP contribution in [0.2, 0.25) is 0 Å². The molecule has 0 spiro atoms. The van der Waals surface area contributed by atoms with E-state index in [0.29, 0.717) is 10.3 Å². The first-order valence-electron chi connectivity index (χ1n) is 6.48. The molecule has 19 heavy (non-hydrogen) atoms. The van der Waals surface area contributed by atoms with E-state index in [1.165, 1.54) is 12.5 Å². The summed E-state index contributed by atoms with van der Waals surface area (Å²) in [5, 5.41) is 0. The first kappa shape index (κ1) is 12.8. The van der Waals surface area contributed by atoms with Crippen LogP contribution in [-0.2, 0) is 11.3 Å². The molecule has 1 heterocycles. The van der Waals surface area contributed by atoms with Gasteiger partial charge in [0.15, 0.2) is 4.77 Å². The fraction of sp³-hybridized carbons (Fsp3) is 0.500. The summed E-state index contributed by atoms with van der Waals surface area (Å²) in [5.41, 5.74) is 2.23. The third-order valence-corrected chi connectivity index (χ3v) is 4.52. The van der Waals surface area contributed by atoms with Gasteiger partial charge < -0.3 is 14.3 Å². The number of hydrogen-bond donors (Lipinski definition) is 1. The van der Waals surface area contributed by atoms with Gasteiger partial charge in [-0.25, -0.2) is 4.39 Å². The molecule has 0 aliphatic heterocycles. The average Bonchev–Trinajstić information content (AvgIpc) is 2.61. The molecule has 1 aliphatic rings. The fourth-order valence-corrected chi connectivity index (χ4v) is 3.00. The Bertz CT molecular complexity index is 679. The van der Waals surface area contributed by atoms with Crippen LogP contribution in [-0.4, -0.2) is 22.3 Å². The number of benzene rings is 1. The van der Waals surface area contributed by atoms with Crippen molar-refractivity contribution in [3.05, 3.63) is 28.3 Å². The lowest BCUT2D eigenvalue weighted by Gasteiger charge is -2.40. The summed E-state index contributed by atoms with van der Waals surface area (Å²) >= 11 is 5.36. The molecule has 1 aromatic carbocycles. The van der Waals surface area contributed by atoms with Gasteiger partial charge in [0.2, 0.25) is 0 Å². The van der Waals surface area contributed by atoms with Crippen molar-refractivity contribution in [1.29, 1.82) is 0 Å². The third kappa shape index (κ3) is 2.01. The SMILES string of the molecule is COC1(Cn2c(=S)[nH]c3cc(F)c(C)cc32)CCC1. The Morgan fingerprint density at radius 1 is 1.47 bits per heavy atom. The Labute approximate surface area is 116 Å². The van der Waals surface area contributed by atoms with Gasteiger partial charge in [-0.2, -0.15) is 0 Å². The van der Waals surface area contributed by atoms with Gasteiger partial charge in [0.1, 0.15) is 5.82 Å². The molecule has 1 aromatic heterocycles. The molecule has 1 fully saturated rings. The maximum Gasteiger partial charge on any atom is 0.178 e. The predicted molar refractivity (Wildman–Crippen MR) is 75.4 cm³/mol. The monoisotopic (exact) mass is 280 g/mol. The first-order chi connectivity index (χ1) is 9.04. The van der Waals surface area contributed by atoms with Crippen LogP contribution in [0.25, 0.3) is 11.0 Å². The molecule has 3 rings (SSSR count). The van der Waals surface area contributed by atoms with Gasteiger partial charge in [0.05, 0.1) is 23.2 Å². The molecule has 0 radical (unpaired) electrons. The number of ether oxygens (including phenoxy) is 1. The van der Waals surface area contributed by atoms with Crippen molar-refractivity contribution in [2.45, 2.75) is 38.3 Å². The number of nitrogens with one attached hydrogen (secondary N) is 1. The smallest absolute Gasteiger partial charge is 0.178 e. The average molecular weight is 280 g/mol. The molecule has 102 valence electrons. The third-order valence-electron chi connectivity index (χ3n) is 4.20. The molecule has 1 N–H and O–H groups in total. The van der Waals surface area contributed by atoms with E-state index >= 15 is 0 Å². The Hall–Kier alpha value is -1.20. The van der Waals surface area contributed by atoms with E-state index < -0.39 is 0 Å². The van der Waals surface area contributed by atoms with E-state index in [-0.39, 0.29) is 11.4 Å². The van der Waals surface area contributed by atoms with Crippen molar-refractivity contribution in [2.24, 2.45) is 0 Å². The fourth-order valence-electron chi connectivity index (χ4n) is 2.72. The summed E-state index contributed by atoms with van der Waals surface area (Å²) in [6.07, 6.45) is 3.30. The molecule has 3 nitrogen and oxygen atoms in total. The highest BCUT2D eigenvalue weighted by Crippen LogP contribution is 2.37. The van der Waals surface area contributed by atoms with E-state index in [1.807, 2.05) is 10.6 Å². The highest BCUT2D eigenvalue weighted by atomic mass is 32.1. The number of imidazole rings is 1. The topological polar surface area (TPSA) is 29.9 Å². The Balaban J connectivity index is 2.10. The van der Waals surface area contributed by atoms with Crippen LogP contribution >= 0.6 is 12.2 Å². The number of aryl methyl sites for hydroxylation is 1. The minimum atomic E-state index is -0.207. The summed E-state index contributed by atoms with van der Waals surface area (Å²) in [6, 6.07) is 3.36. The maximum absolute atomic E-state index is 13.6. The first-order valence-corrected chi connectivity index (χ1v) is 6.89. The van der Waals surface area contributed by atoms with Gasteiger partial charge in [0, 0.05) is 7.11 Å². The molecule has 0 bridgehead atoms. The zero-order valence-electron chi connectivity index (χ0n) is 11.1. The molecule has 1 aliphatic carbocycles. The Kier molecular flexibility index (Phi) is 2.98. The zero-order valence-corrected chi connectivity index (χ0v) is 11.9. The molecular weight excluding hydrogens is 263 g/mol. The van der Waals surface area contributed by atoms with Crippen LogP contribution < -0.4 is 0 Å². The molecule has 2 aromatic rings. The minimum absolute atomic E-state index is 0.102. The lowest BCUT2D eigenvalue weighted by molar-refractivity contribution is -0.0830. The summed E-state index contributed by atoms with van der Waals surface area (Å²) in [5.74, 6) is -0.207. The highest BCUT2D eigenvalue weighted by Gasteiger charge is 2.37. The van der Waals surface area contributed by atoms with Crippen LogP contribution in [0.15, 0.2) is 12.1 Å². The Morgan fingerprint density at radius 2 is 2.21 bits per heavy atom. The van der Waals surface area contributed by atoms with E-state index in [4.69, 9.17) is 17.0 Å². The van der Waals surface area contributed by atoms with Gasteiger partial charge >= 0.3 is 0 Å². The van der Waals surface area contributed by atoms with Crippen molar-refractivity contribution < 1.29 is 9.13 Å². The normalized spacial score (nSPS) is 17.6. The van der Waals surface area contributed by atoms with Crippen molar-refractivity contribution in [3.8, 4) is 0 Å². The number of rotatable bonds is 3. The molecule has 1 saturated carbocycles. The molecule has 5 heteroatoms. The largest absolute Gasteiger partial charge is 0.376 e. The summed E-state index contributed by atoms with van der Waals surface area (Å²) in [7, 11) is 1.75. The molecule has 0 saturated heterocycles. The highest BCUT2D eigenvalue weighted by molar-refractivity contribution is 7.71. The van der Waals surface area contributed by atoms with E-state index in [9.17, 15) is 4.39 Å². The van der Waals surface area contributed by atoms with Gasteiger partial charge in [-0.05, 0) is 56.1 Å². The van der Waals surface area contributed by atoms with Gasteiger partial charge in [-0.1, -0.05) is 0 Å². The summed E-state index contributed by atoms with van der Waals surface area (Å²) < 4.78 is 21.9. The van der Waals surface area contributed by atoms with Gasteiger partial charge in [-0.15, -0.1) is 0 Å². The standard InChI is InChI=1S/C14H17FN2OS/c1-9-6-12-11(7-10(9)15)16-13(19)17(12)8-14(18-2)4-3-5-14/h6-7H,3-5,8H2,1-2H3,(H,16,19). The summed E-state index contributed by atoms with van der Waals surface area (Å²) in [6.45, 7) is 2.50. The lowest BCUT2D eigenvalue weighted by atomic mass is 9.80. The number of hydrogen-bond acceptors (Lipinski definition) is 2. The van der Waals surface area contributed by atoms with Crippen molar-refractivity contribution in [3.63, 3.8) is 0 Å². The molecule has 0 atom stereocenters. The molecule has 0 unspecified atom stereocenters. The summed E-state index contributed by atoms with van der Waals surface area (Å²) in [4.78, 5) is 3.07. The van der Waals surface area contributed by atoms with E-state index in [2.05, 4.69) is 4.98 Å². The quantitative estimate of drug-likeness (QED) is 0.869. The van der Waals surface area contributed by atoms with E-state index in [1.54, 1.807) is 14.0 Å². The number of halogens is 1. The number of H-pyrrole nitrogens is 1. The second-order valence-corrected chi connectivity index (χ2v) is 5.76. The Morgan fingerprint density at radius 3 is 2.79 bits per heavy atom. The number of methoxy groups -OCH3 is 1. The second-order valence-electron chi connectivity index (χ2n) is 5.38. The minimum Gasteiger partial charge on any atom is -0.376 e. The predicted octanol–water partition coefficient (Wildman–Crippen LogP) is 3.72. The van der Waals surface area contributed by atoms with Crippen molar-refractivity contribution >= 4 is 23.3 Å². The van der Waals surface area contributed by atoms with Crippen LogP contribution in [0.1, 0.15) is 24.8 Å². The molecular formula is C14H17FN2OS. The number of nitrogens with zero attached hydrogens (tertiary/aromatic N) is 1.